The number of benzene rings is 1. The van der Waals surface area contributed by atoms with Crippen molar-refractivity contribution in [1.82, 2.24) is 0 Å². The Labute approximate surface area is 188 Å². The molecule has 0 aliphatic carbocycles. The van der Waals surface area contributed by atoms with Gasteiger partial charge in [-0.05, 0) is 44.1 Å². The highest BCUT2D eigenvalue weighted by Gasteiger charge is 2.21. The van der Waals surface area contributed by atoms with Crippen LogP contribution in [-0.4, -0.2) is 50.3 Å². The molecule has 1 N–H and O–H groups in total. The van der Waals surface area contributed by atoms with Gasteiger partial charge in [-0.1, -0.05) is 56.5 Å². The molecule has 0 fully saturated rings. The molecule has 0 heterocycles. The molecule has 1 rings (SSSR count). The first-order valence-electron chi connectivity index (χ1n) is 11.5. The Morgan fingerprint density at radius 3 is 2.32 bits per heavy atom. The number of carboxylic acids is 1. The average Bonchev–Trinajstić information content (AvgIpc) is 2.72. The molecule has 31 heavy (non-hydrogen) atoms. The number of unbranched alkanes of at least 4 members (excludes halogenated alkanes) is 3. The minimum Gasteiger partial charge on any atom is -0.481 e. The molecule has 0 aliphatic heterocycles. The van der Waals surface area contributed by atoms with Crippen molar-refractivity contribution in [2.24, 2.45) is 0 Å². The van der Waals surface area contributed by atoms with Crippen LogP contribution in [0, 0.1) is 0 Å². The number of carboxylic acid groups (broad SMARTS) is 1. The maximum Gasteiger partial charge on any atom is 0.303 e. The molecular formula is C24H40O6S. The van der Waals surface area contributed by atoms with Crippen LogP contribution in [-0.2, 0) is 30.7 Å². The highest BCUT2D eigenvalue weighted by molar-refractivity contribution is 7.91. The van der Waals surface area contributed by atoms with Crippen molar-refractivity contribution < 1.29 is 27.8 Å². The fourth-order valence-electron chi connectivity index (χ4n) is 3.51. The van der Waals surface area contributed by atoms with Gasteiger partial charge in [0, 0.05) is 19.3 Å². The molecule has 0 aromatic heterocycles. The summed E-state index contributed by atoms with van der Waals surface area (Å²) < 4.78 is 36.2. The van der Waals surface area contributed by atoms with E-state index >= 15 is 0 Å². The topological polar surface area (TPSA) is 89.9 Å². The van der Waals surface area contributed by atoms with Crippen molar-refractivity contribution in [2.75, 3.05) is 19.5 Å². The number of hydrogen-bond acceptors (Lipinski definition) is 5. The molecule has 178 valence electrons. The van der Waals surface area contributed by atoms with E-state index in [4.69, 9.17) is 14.6 Å². The van der Waals surface area contributed by atoms with Gasteiger partial charge in [-0.25, -0.2) is 8.42 Å². The summed E-state index contributed by atoms with van der Waals surface area (Å²) in [6.45, 7) is 3.80. The van der Waals surface area contributed by atoms with Crippen LogP contribution in [0.15, 0.2) is 30.3 Å². The lowest BCUT2D eigenvalue weighted by Gasteiger charge is -2.20. The molecule has 6 nitrogen and oxygen atoms in total. The van der Waals surface area contributed by atoms with Crippen LogP contribution in [0.1, 0.15) is 76.7 Å². The normalized spacial score (nSPS) is 13.7. The van der Waals surface area contributed by atoms with E-state index in [1.54, 1.807) is 0 Å². The first-order chi connectivity index (χ1) is 14.8. The van der Waals surface area contributed by atoms with Crippen LogP contribution in [0.25, 0.3) is 0 Å². The molecule has 0 saturated heterocycles. The quantitative estimate of drug-likeness (QED) is 0.294. The Kier molecular flexibility index (Phi) is 14.4. The van der Waals surface area contributed by atoms with Gasteiger partial charge >= 0.3 is 5.97 Å². The minimum absolute atomic E-state index is 0.0528. The van der Waals surface area contributed by atoms with Gasteiger partial charge in [0.15, 0.2) is 0 Å². The summed E-state index contributed by atoms with van der Waals surface area (Å²) in [6, 6.07) is 10.0. The van der Waals surface area contributed by atoms with Gasteiger partial charge in [0.05, 0.1) is 24.6 Å². The Bertz CT molecular complexity index is 689. The molecule has 1 aromatic carbocycles. The zero-order chi connectivity index (χ0) is 23.0. The number of ether oxygens (including phenoxy) is 2. The van der Waals surface area contributed by atoms with Crippen LogP contribution < -0.4 is 0 Å². The summed E-state index contributed by atoms with van der Waals surface area (Å²) in [5.74, 6) is -0.777. The molecule has 1 aromatic rings. The van der Waals surface area contributed by atoms with E-state index in [0.717, 1.165) is 44.1 Å². The zero-order valence-electron chi connectivity index (χ0n) is 19.1. The van der Waals surface area contributed by atoms with Crippen LogP contribution in [0.3, 0.4) is 0 Å². The largest absolute Gasteiger partial charge is 0.481 e. The lowest BCUT2D eigenvalue weighted by Crippen LogP contribution is -2.23. The van der Waals surface area contributed by atoms with Gasteiger partial charge in [0.2, 0.25) is 0 Å². The number of aliphatic carboxylic acids is 1. The summed E-state index contributed by atoms with van der Waals surface area (Å²) in [4.78, 5) is 10.6. The summed E-state index contributed by atoms with van der Waals surface area (Å²) in [7, 11) is -3.11. The zero-order valence-corrected chi connectivity index (χ0v) is 19.9. The smallest absolute Gasteiger partial charge is 0.303 e. The van der Waals surface area contributed by atoms with E-state index < -0.39 is 15.8 Å². The molecular weight excluding hydrogens is 416 g/mol. The Balaban J connectivity index is 2.44. The highest BCUT2D eigenvalue weighted by atomic mass is 32.2. The minimum atomic E-state index is -3.11. The Morgan fingerprint density at radius 1 is 1.00 bits per heavy atom. The van der Waals surface area contributed by atoms with Crippen LogP contribution >= 0.6 is 0 Å². The van der Waals surface area contributed by atoms with Crippen LogP contribution in [0.4, 0.5) is 0 Å². The van der Waals surface area contributed by atoms with E-state index in [1.807, 2.05) is 30.3 Å². The van der Waals surface area contributed by atoms with Gasteiger partial charge in [-0.3, -0.25) is 4.79 Å². The molecule has 7 heteroatoms. The van der Waals surface area contributed by atoms with Crippen molar-refractivity contribution >= 4 is 15.8 Å². The lowest BCUT2D eigenvalue weighted by molar-refractivity contribution is -0.137. The average molecular weight is 457 g/mol. The second-order valence-corrected chi connectivity index (χ2v) is 10.5. The molecule has 0 spiro atoms. The summed E-state index contributed by atoms with van der Waals surface area (Å²) in [6.07, 6.45) is 8.34. The molecule has 0 saturated carbocycles. The Morgan fingerprint density at radius 2 is 1.68 bits per heavy atom. The number of sulfone groups is 1. The van der Waals surface area contributed by atoms with Gasteiger partial charge in [0.1, 0.15) is 9.84 Å². The van der Waals surface area contributed by atoms with Crippen LogP contribution in [0.5, 0.6) is 0 Å². The summed E-state index contributed by atoms with van der Waals surface area (Å²) in [5.41, 5.74) is 1.11. The number of rotatable bonds is 19. The van der Waals surface area contributed by atoms with Crippen molar-refractivity contribution in [1.29, 1.82) is 0 Å². The third-order valence-corrected chi connectivity index (χ3v) is 6.99. The fraction of sp³-hybridized carbons (Fsp3) is 0.708. The van der Waals surface area contributed by atoms with Gasteiger partial charge < -0.3 is 14.6 Å². The predicted octanol–water partition coefficient (Wildman–Crippen LogP) is 5.01. The molecule has 0 aliphatic rings. The van der Waals surface area contributed by atoms with Gasteiger partial charge in [-0.2, -0.15) is 0 Å². The third-order valence-electron chi connectivity index (χ3n) is 5.31. The van der Waals surface area contributed by atoms with Crippen molar-refractivity contribution in [2.45, 2.75) is 89.1 Å². The van der Waals surface area contributed by atoms with E-state index in [1.165, 1.54) is 6.26 Å². The second kappa shape index (κ2) is 16.2. The second-order valence-electron chi connectivity index (χ2n) is 8.22. The lowest BCUT2D eigenvalue weighted by atomic mass is 10.0. The first-order valence-corrected chi connectivity index (χ1v) is 13.4. The van der Waals surface area contributed by atoms with E-state index in [-0.39, 0.29) is 17.8 Å². The van der Waals surface area contributed by atoms with Crippen molar-refractivity contribution in [3.05, 3.63) is 35.9 Å². The number of carbonyl (C=O) groups is 1. The fourth-order valence-corrected chi connectivity index (χ4v) is 4.70. The SMILES string of the molecule is CCCOCC(CCCC(CCCCCCC(=O)O)S(C)(=O)=O)OCc1ccccc1. The van der Waals surface area contributed by atoms with E-state index in [9.17, 15) is 13.2 Å². The monoisotopic (exact) mass is 456 g/mol. The summed E-state index contributed by atoms with van der Waals surface area (Å²) in [5, 5.41) is 8.33. The summed E-state index contributed by atoms with van der Waals surface area (Å²) >= 11 is 0. The molecule has 2 unspecified atom stereocenters. The van der Waals surface area contributed by atoms with E-state index in [0.29, 0.717) is 39.1 Å². The molecule has 2 atom stereocenters. The molecule has 0 radical (unpaired) electrons. The molecule has 0 amide bonds. The maximum absolute atomic E-state index is 12.2. The third kappa shape index (κ3) is 14.3. The van der Waals surface area contributed by atoms with Crippen molar-refractivity contribution in [3.63, 3.8) is 0 Å². The van der Waals surface area contributed by atoms with Crippen molar-refractivity contribution in [3.8, 4) is 0 Å². The number of hydrogen-bond donors (Lipinski definition) is 1. The Hall–Kier alpha value is -1.44. The highest BCUT2D eigenvalue weighted by Crippen LogP contribution is 2.19. The molecule has 0 bridgehead atoms. The predicted molar refractivity (Wildman–Crippen MR) is 124 cm³/mol. The standard InChI is InChI=1S/C24H40O6S/c1-3-18-29-20-22(30-19-21-12-7-6-8-13-21)14-11-16-23(31(2,27)28)15-9-4-5-10-17-24(25)26/h6-8,12-13,22-23H,3-5,9-11,14-20H2,1-2H3,(H,25,26). The van der Waals surface area contributed by atoms with E-state index in [2.05, 4.69) is 6.92 Å². The van der Waals surface area contributed by atoms with Gasteiger partial charge in [0.25, 0.3) is 0 Å². The maximum atomic E-state index is 12.2. The van der Waals surface area contributed by atoms with Crippen LogP contribution in [0.2, 0.25) is 0 Å². The van der Waals surface area contributed by atoms with Gasteiger partial charge in [-0.15, -0.1) is 0 Å². The first kappa shape index (κ1) is 27.6.